The minimum atomic E-state index is -0.0846. The van der Waals surface area contributed by atoms with Crippen LogP contribution in [-0.4, -0.2) is 53.3 Å². The van der Waals surface area contributed by atoms with Gasteiger partial charge in [-0.2, -0.15) is 0 Å². The molecule has 2 saturated heterocycles. The van der Waals surface area contributed by atoms with Crippen LogP contribution >= 0.6 is 22.9 Å². The SMILES string of the molecule is CN1CCC([C@H](Cl)c2cc3c(c(-c4ccnc5cc(CN6C(=O)CCC6=O)sc45)c2)NCCC3)CC1. The van der Waals surface area contributed by atoms with Gasteiger partial charge in [-0.15, -0.1) is 22.9 Å². The number of nitrogens with zero attached hydrogens (tertiary/aromatic N) is 3. The van der Waals surface area contributed by atoms with E-state index in [2.05, 4.69) is 40.4 Å². The van der Waals surface area contributed by atoms with Gasteiger partial charge < -0.3 is 10.2 Å². The molecule has 2 aromatic heterocycles. The number of aromatic nitrogens is 1. The highest BCUT2D eigenvalue weighted by Crippen LogP contribution is 2.44. The monoisotopic (exact) mass is 522 g/mol. The highest BCUT2D eigenvalue weighted by atomic mass is 35.5. The Bertz CT molecular complexity index is 1310. The van der Waals surface area contributed by atoms with Crippen LogP contribution in [0.3, 0.4) is 0 Å². The van der Waals surface area contributed by atoms with Gasteiger partial charge in [0.1, 0.15) is 0 Å². The maximum atomic E-state index is 12.2. The van der Waals surface area contributed by atoms with E-state index < -0.39 is 0 Å². The van der Waals surface area contributed by atoms with Crippen molar-refractivity contribution in [3.05, 3.63) is 46.5 Å². The number of imide groups is 1. The van der Waals surface area contributed by atoms with Gasteiger partial charge in [0, 0.05) is 47.3 Å². The minimum absolute atomic E-state index is 0.00640. The van der Waals surface area contributed by atoms with Crippen LogP contribution in [0.15, 0.2) is 30.5 Å². The van der Waals surface area contributed by atoms with Crippen LogP contribution < -0.4 is 5.32 Å². The number of carbonyl (C=O) groups excluding carboxylic acids is 2. The normalized spacial score (nSPS) is 20.1. The third-order valence-corrected chi connectivity index (χ3v) is 9.64. The summed E-state index contributed by atoms with van der Waals surface area (Å²) in [7, 11) is 2.18. The molecule has 1 N–H and O–H groups in total. The number of pyridine rings is 1. The molecule has 1 atom stereocenters. The van der Waals surface area contributed by atoms with E-state index in [0.29, 0.717) is 25.3 Å². The van der Waals surface area contributed by atoms with Gasteiger partial charge in [0.25, 0.3) is 0 Å². The van der Waals surface area contributed by atoms with Gasteiger partial charge in [-0.3, -0.25) is 19.5 Å². The average molecular weight is 523 g/mol. The number of amides is 2. The number of hydrogen-bond acceptors (Lipinski definition) is 6. The van der Waals surface area contributed by atoms with Gasteiger partial charge in [-0.1, -0.05) is 6.07 Å². The second kappa shape index (κ2) is 9.77. The van der Waals surface area contributed by atoms with E-state index in [1.165, 1.54) is 27.3 Å². The van der Waals surface area contributed by atoms with Crippen LogP contribution in [0.5, 0.6) is 0 Å². The maximum absolute atomic E-state index is 12.2. The van der Waals surface area contributed by atoms with Crippen molar-refractivity contribution in [3.8, 4) is 11.1 Å². The second-order valence-corrected chi connectivity index (χ2v) is 11.9. The van der Waals surface area contributed by atoms with Crippen molar-refractivity contribution < 1.29 is 9.59 Å². The molecule has 0 saturated carbocycles. The van der Waals surface area contributed by atoms with E-state index in [1.807, 2.05) is 12.3 Å². The van der Waals surface area contributed by atoms with Crippen molar-refractivity contribution in [3.63, 3.8) is 0 Å². The summed E-state index contributed by atoms with van der Waals surface area (Å²) in [4.78, 5) is 33.7. The Morgan fingerprint density at radius 1 is 1.11 bits per heavy atom. The van der Waals surface area contributed by atoms with Crippen LogP contribution in [-0.2, 0) is 22.6 Å². The molecular formula is C28H31ClN4O2S. The predicted molar refractivity (Wildman–Crippen MR) is 145 cm³/mol. The first-order valence-corrected chi connectivity index (χ1v) is 14.2. The molecule has 36 heavy (non-hydrogen) atoms. The fraction of sp³-hybridized carbons (Fsp3) is 0.464. The number of thiophene rings is 1. The van der Waals surface area contributed by atoms with E-state index in [-0.39, 0.29) is 17.2 Å². The van der Waals surface area contributed by atoms with E-state index in [4.69, 9.17) is 11.6 Å². The molecule has 5 heterocycles. The van der Waals surface area contributed by atoms with E-state index in [0.717, 1.165) is 66.0 Å². The number of alkyl halides is 1. The Labute approximate surface area is 220 Å². The van der Waals surface area contributed by atoms with Crippen molar-refractivity contribution in [2.45, 2.75) is 50.4 Å². The number of likely N-dealkylation sites (tertiary alicyclic amines) is 2. The minimum Gasteiger partial charge on any atom is -0.384 e. The third kappa shape index (κ3) is 4.42. The molecule has 8 heteroatoms. The summed E-state index contributed by atoms with van der Waals surface area (Å²) >= 11 is 8.79. The summed E-state index contributed by atoms with van der Waals surface area (Å²) in [6.45, 7) is 3.48. The summed E-state index contributed by atoms with van der Waals surface area (Å²) in [6, 6.07) is 8.72. The number of carbonyl (C=O) groups is 2. The zero-order chi connectivity index (χ0) is 24.8. The molecule has 3 aliphatic heterocycles. The number of anilines is 1. The molecule has 6 nitrogen and oxygen atoms in total. The number of hydrogen-bond donors (Lipinski definition) is 1. The molecule has 0 radical (unpaired) electrons. The summed E-state index contributed by atoms with van der Waals surface area (Å²) in [5, 5.41) is 3.65. The van der Waals surface area contributed by atoms with Crippen molar-refractivity contribution in [2.24, 2.45) is 5.92 Å². The van der Waals surface area contributed by atoms with E-state index in [9.17, 15) is 9.59 Å². The lowest BCUT2D eigenvalue weighted by atomic mass is 9.86. The van der Waals surface area contributed by atoms with Crippen LogP contribution in [0.4, 0.5) is 5.69 Å². The van der Waals surface area contributed by atoms with Crippen LogP contribution in [0.1, 0.15) is 53.5 Å². The van der Waals surface area contributed by atoms with Crippen LogP contribution in [0, 0.1) is 5.92 Å². The topological polar surface area (TPSA) is 65.5 Å². The van der Waals surface area contributed by atoms with Crippen LogP contribution in [0.25, 0.3) is 21.3 Å². The fourth-order valence-electron chi connectivity index (χ4n) is 5.82. The summed E-state index contributed by atoms with van der Waals surface area (Å²) in [5.74, 6) is 0.309. The number of fused-ring (bicyclic) bond motifs is 2. The molecule has 188 valence electrons. The Hall–Kier alpha value is -2.48. The van der Waals surface area contributed by atoms with Gasteiger partial charge in [0.05, 0.1) is 22.1 Å². The lowest BCUT2D eigenvalue weighted by Crippen LogP contribution is -2.31. The summed E-state index contributed by atoms with van der Waals surface area (Å²) in [6.07, 6.45) is 6.89. The van der Waals surface area contributed by atoms with Gasteiger partial charge in [-0.25, -0.2) is 0 Å². The van der Waals surface area contributed by atoms with Gasteiger partial charge in [-0.05, 0) is 81.1 Å². The number of nitrogens with one attached hydrogen (secondary N) is 1. The molecule has 2 amide bonds. The highest BCUT2D eigenvalue weighted by molar-refractivity contribution is 7.19. The van der Waals surface area contributed by atoms with Crippen molar-refractivity contribution in [2.75, 3.05) is 32.0 Å². The van der Waals surface area contributed by atoms with Crippen molar-refractivity contribution in [1.29, 1.82) is 0 Å². The van der Waals surface area contributed by atoms with Crippen molar-refractivity contribution in [1.82, 2.24) is 14.8 Å². The van der Waals surface area contributed by atoms with Gasteiger partial charge in [0.15, 0.2) is 0 Å². The summed E-state index contributed by atoms with van der Waals surface area (Å²) in [5.41, 5.74) is 6.95. The Morgan fingerprint density at radius 2 is 1.89 bits per heavy atom. The fourth-order valence-corrected chi connectivity index (χ4v) is 7.33. The first-order valence-electron chi connectivity index (χ1n) is 12.9. The molecule has 3 aliphatic rings. The Morgan fingerprint density at radius 3 is 2.67 bits per heavy atom. The molecular weight excluding hydrogens is 492 g/mol. The third-order valence-electron chi connectivity index (χ3n) is 7.88. The first kappa shape index (κ1) is 23.9. The van der Waals surface area contributed by atoms with E-state index in [1.54, 1.807) is 11.3 Å². The Kier molecular flexibility index (Phi) is 6.48. The molecule has 1 aromatic carbocycles. The standard InChI is InChI=1S/C28H31ClN4O2S/c1-32-11-7-17(8-12-32)26(29)19-13-18-3-2-9-31-27(18)22(14-19)21-6-10-30-23-15-20(36-28(21)23)16-33-24(34)4-5-25(33)35/h6,10,13-15,17,26,31H,2-5,7-9,11-12,16H2,1H3/t26-/m0/s1. The zero-order valence-electron chi connectivity index (χ0n) is 20.6. The highest BCUT2D eigenvalue weighted by Gasteiger charge is 2.30. The maximum Gasteiger partial charge on any atom is 0.230 e. The average Bonchev–Trinajstić information content (AvgIpc) is 3.46. The Balaban J connectivity index is 1.40. The number of halogens is 1. The zero-order valence-corrected chi connectivity index (χ0v) is 22.1. The molecule has 2 fully saturated rings. The molecule has 0 unspecified atom stereocenters. The molecule has 0 spiro atoms. The molecule has 6 rings (SSSR count). The number of rotatable bonds is 5. The first-order chi connectivity index (χ1) is 17.5. The smallest absolute Gasteiger partial charge is 0.230 e. The van der Waals surface area contributed by atoms with Crippen LogP contribution in [0.2, 0.25) is 0 Å². The largest absolute Gasteiger partial charge is 0.384 e. The lowest BCUT2D eigenvalue weighted by Gasteiger charge is -2.32. The predicted octanol–water partition coefficient (Wildman–Crippen LogP) is 5.59. The van der Waals surface area contributed by atoms with Gasteiger partial charge >= 0.3 is 0 Å². The van der Waals surface area contributed by atoms with Crippen molar-refractivity contribution >= 4 is 50.7 Å². The molecule has 0 aliphatic carbocycles. The van der Waals surface area contributed by atoms with Gasteiger partial charge in [0.2, 0.25) is 11.8 Å². The number of piperidine rings is 1. The number of benzene rings is 1. The lowest BCUT2D eigenvalue weighted by molar-refractivity contribution is -0.138. The number of aryl methyl sites for hydroxylation is 1. The summed E-state index contributed by atoms with van der Waals surface area (Å²) < 4.78 is 1.09. The second-order valence-electron chi connectivity index (χ2n) is 10.3. The quantitative estimate of drug-likeness (QED) is 0.349. The molecule has 3 aromatic rings. The van der Waals surface area contributed by atoms with E-state index >= 15 is 0 Å². The molecule has 0 bridgehead atoms.